The molecule has 2 aromatic rings. The average Bonchev–Trinajstić information content (AvgIpc) is 2.30. The van der Waals surface area contributed by atoms with Gasteiger partial charge in [0.05, 0.1) is 11.6 Å². The summed E-state index contributed by atoms with van der Waals surface area (Å²) in [7, 11) is 0. The van der Waals surface area contributed by atoms with Gasteiger partial charge in [-0.15, -0.1) is 0 Å². The minimum absolute atomic E-state index is 0.323. The van der Waals surface area contributed by atoms with Crippen molar-refractivity contribution in [1.29, 1.82) is 5.26 Å². The van der Waals surface area contributed by atoms with E-state index in [-0.39, 0.29) is 5.82 Å². The Morgan fingerprint density at radius 2 is 1.94 bits per heavy atom. The molecule has 2 aromatic carbocycles. The van der Waals surface area contributed by atoms with Crippen LogP contribution in [0, 0.1) is 17.1 Å². The van der Waals surface area contributed by atoms with E-state index in [0.717, 1.165) is 0 Å². The lowest BCUT2D eigenvalue weighted by Crippen LogP contribution is -1.83. The molecule has 0 atom stereocenters. The second kappa shape index (κ2) is 4.34. The Kier molecular flexibility index (Phi) is 2.89. The molecule has 0 radical (unpaired) electrons. The summed E-state index contributed by atoms with van der Waals surface area (Å²) in [6.45, 7) is 0. The number of hydrogen-bond donors (Lipinski definition) is 0. The van der Waals surface area contributed by atoms with Crippen molar-refractivity contribution in [2.45, 2.75) is 0 Å². The maximum Gasteiger partial charge on any atom is 0.123 e. The topological polar surface area (TPSA) is 23.8 Å². The average molecular weight is 232 g/mol. The molecule has 0 bridgehead atoms. The first-order valence-electron chi connectivity index (χ1n) is 4.66. The van der Waals surface area contributed by atoms with Crippen molar-refractivity contribution < 1.29 is 4.39 Å². The minimum atomic E-state index is -0.323. The third-order valence-electron chi connectivity index (χ3n) is 2.23. The molecular weight excluding hydrogens is 225 g/mol. The van der Waals surface area contributed by atoms with Crippen molar-refractivity contribution in [3.63, 3.8) is 0 Å². The van der Waals surface area contributed by atoms with Gasteiger partial charge in [0, 0.05) is 10.6 Å². The summed E-state index contributed by atoms with van der Waals surface area (Å²) in [6.07, 6.45) is 0. The smallest absolute Gasteiger partial charge is 0.123 e. The Balaban J connectivity index is 2.60. The zero-order valence-electron chi connectivity index (χ0n) is 8.24. The van der Waals surface area contributed by atoms with Crippen LogP contribution in [0.1, 0.15) is 5.56 Å². The highest BCUT2D eigenvalue weighted by Crippen LogP contribution is 2.29. The Bertz CT molecular complexity index is 572. The van der Waals surface area contributed by atoms with E-state index < -0.39 is 0 Å². The van der Waals surface area contributed by atoms with Crippen LogP contribution < -0.4 is 0 Å². The first-order valence-corrected chi connectivity index (χ1v) is 5.04. The van der Waals surface area contributed by atoms with Gasteiger partial charge >= 0.3 is 0 Å². The zero-order valence-corrected chi connectivity index (χ0v) is 9.00. The first kappa shape index (κ1) is 10.7. The van der Waals surface area contributed by atoms with E-state index >= 15 is 0 Å². The van der Waals surface area contributed by atoms with E-state index in [9.17, 15) is 4.39 Å². The molecule has 0 fully saturated rings. The quantitative estimate of drug-likeness (QED) is 0.727. The van der Waals surface area contributed by atoms with Crippen molar-refractivity contribution in [2.75, 3.05) is 0 Å². The lowest BCUT2D eigenvalue weighted by molar-refractivity contribution is 0.628. The lowest BCUT2D eigenvalue weighted by Gasteiger charge is -2.04. The number of rotatable bonds is 1. The van der Waals surface area contributed by atoms with E-state index in [1.807, 2.05) is 6.07 Å². The van der Waals surface area contributed by atoms with Crippen LogP contribution in [0.15, 0.2) is 42.5 Å². The highest BCUT2D eigenvalue weighted by Gasteiger charge is 2.05. The van der Waals surface area contributed by atoms with E-state index in [0.29, 0.717) is 21.7 Å². The lowest BCUT2D eigenvalue weighted by atomic mass is 10.0. The minimum Gasteiger partial charge on any atom is -0.207 e. The maximum absolute atomic E-state index is 13.1. The van der Waals surface area contributed by atoms with Gasteiger partial charge in [-0.3, -0.25) is 0 Å². The number of nitriles is 1. The predicted octanol–water partition coefficient (Wildman–Crippen LogP) is 4.02. The standard InChI is InChI=1S/C13H7ClFN/c14-13-5-4-9(8-16)6-12(13)10-2-1-3-11(15)7-10/h1-7H. The van der Waals surface area contributed by atoms with Crippen molar-refractivity contribution in [2.24, 2.45) is 0 Å². The van der Waals surface area contributed by atoms with E-state index in [4.69, 9.17) is 16.9 Å². The summed E-state index contributed by atoms with van der Waals surface area (Å²) in [4.78, 5) is 0. The molecule has 0 amide bonds. The molecule has 0 unspecified atom stereocenters. The van der Waals surface area contributed by atoms with Crippen LogP contribution in [0.5, 0.6) is 0 Å². The Labute approximate surface area is 97.7 Å². The fourth-order valence-electron chi connectivity index (χ4n) is 1.47. The van der Waals surface area contributed by atoms with E-state index in [1.165, 1.54) is 12.1 Å². The molecule has 1 nitrogen and oxygen atoms in total. The van der Waals surface area contributed by atoms with Gasteiger partial charge in [-0.05, 0) is 35.9 Å². The van der Waals surface area contributed by atoms with Crippen molar-refractivity contribution >= 4 is 11.6 Å². The molecule has 78 valence electrons. The number of halogens is 2. The highest BCUT2D eigenvalue weighted by molar-refractivity contribution is 6.33. The Morgan fingerprint density at radius 1 is 1.12 bits per heavy atom. The second-order valence-corrected chi connectivity index (χ2v) is 3.72. The van der Waals surface area contributed by atoms with Gasteiger partial charge < -0.3 is 0 Å². The fourth-order valence-corrected chi connectivity index (χ4v) is 1.70. The summed E-state index contributed by atoms with van der Waals surface area (Å²) in [5.74, 6) is -0.323. The van der Waals surface area contributed by atoms with Crippen LogP contribution in [-0.2, 0) is 0 Å². The molecule has 0 aliphatic carbocycles. The van der Waals surface area contributed by atoms with Gasteiger partial charge in [-0.1, -0.05) is 23.7 Å². The largest absolute Gasteiger partial charge is 0.207 e. The number of hydrogen-bond acceptors (Lipinski definition) is 1. The van der Waals surface area contributed by atoms with Gasteiger partial charge in [0.2, 0.25) is 0 Å². The van der Waals surface area contributed by atoms with Crippen molar-refractivity contribution in [3.8, 4) is 17.2 Å². The highest BCUT2D eigenvalue weighted by atomic mass is 35.5. The molecule has 0 N–H and O–H groups in total. The van der Waals surface area contributed by atoms with Gasteiger partial charge in [0.1, 0.15) is 5.82 Å². The van der Waals surface area contributed by atoms with Gasteiger partial charge in [-0.2, -0.15) is 5.26 Å². The molecule has 0 aromatic heterocycles. The summed E-state index contributed by atoms with van der Waals surface area (Å²) in [6, 6.07) is 13.1. The molecule has 0 aliphatic rings. The maximum atomic E-state index is 13.1. The van der Waals surface area contributed by atoms with E-state index in [2.05, 4.69) is 0 Å². The monoisotopic (exact) mass is 231 g/mol. The summed E-state index contributed by atoms with van der Waals surface area (Å²) in [5, 5.41) is 9.29. The predicted molar refractivity (Wildman–Crippen MR) is 61.6 cm³/mol. The van der Waals surface area contributed by atoms with Crippen LogP contribution in [0.3, 0.4) is 0 Å². The second-order valence-electron chi connectivity index (χ2n) is 3.32. The SMILES string of the molecule is N#Cc1ccc(Cl)c(-c2cccc(F)c2)c1. The zero-order chi connectivity index (χ0) is 11.5. The van der Waals surface area contributed by atoms with Crippen LogP contribution >= 0.6 is 11.6 Å². The molecular formula is C13H7ClFN. The van der Waals surface area contributed by atoms with Crippen LogP contribution in [0.4, 0.5) is 4.39 Å². The van der Waals surface area contributed by atoms with Gasteiger partial charge in [-0.25, -0.2) is 4.39 Å². The number of nitrogens with zero attached hydrogens (tertiary/aromatic N) is 1. The Morgan fingerprint density at radius 3 is 2.62 bits per heavy atom. The fraction of sp³-hybridized carbons (Fsp3) is 0. The third-order valence-corrected chi connectivity index (χ3v) is 2.56. The van der Waals surface area contributed by atoms with Crippen LogP contribution in [-0.4, -0.2) is 0 Å². The summed E-state index contributed by atoms with van der Waals surface area (Å²) in [5.41, 5.74) is 1.84. The van der Waals surface area contributed by atoms with Crippen LogP contribution in [0.2, 0.25) is 5.02 Å². The number of benzene rings is 2. The molecule has 2 rings (SSSR count). The van der Waals surface area contributed by atoms with E-state index in [1.54, 1.807) is 30.3 Å². The molecule has 16 heavy (non-hydrogen) atoms. The van der Waals surface area contributed by atoms with Gasteiger partial charge in [0.15, 0.2) is 0 Å². The van der Waals surface area contributed by atoms with Crippen molar-refractivity contribution in [3.05, 3.63) is 58.9 Å². The molecule has 0 heterocycles. The normalized spacial score (nSPS) is 9.81. The first-order chi connectivity index (χ1) is 7.70. The van der Waals surface area contributed by atoms with Crippen LogP contribution in [0.25, 0.3) is 11.1 Å². The van der Waals surface area contributed by atoms with Crippen molar-refractivity contribution in [1.82, 2.24) is 0 Å². The summed E-state index contributed by atoms with van der Waals surface area (Å²) >= 11 is 6.01. The molecule has 0 aliphatic heterocycles. The Hall–Kier alpha value is -1.85. The summed E-state index contributed by atoms with van der Waals surface area (Å²) < 4.78 is 13.1. The molecule has 0 saturated heterocycles. The third kappa shape index (κ3) is 2.05. The molecule has 0 spiro atoms. The van der Waals surface area contributed by atoms with Gasteiger partial charge in [0.25, 0.3) is 0 Å². The molecule has 3 heteroatoms. The molecule has 0 saturated carbocycles.